The molecule has 0 unspecified atom stereocenters. The number of hydrogen-bond donors (Lipinski definition) is 1. The number of halogens is 1. The van der Waals surface area contributed by atoms with Gasteiger partial charge in [-0.15, -0.1) is 10.2 Å². The highest BCUT2D eigenvalue weighted by Crippen LogP contribution is 2.31. The molecule has 102 valence electrons. The summed E-state index contributed by atoms with van der Waals surface area (Å²) in [5, 5.41) is 18.3. The summed E-state index contributed by atoms with van der Waals surface area (Å²) in [6.45, 7) is 7.97. The summed E-state index contributed by atoms with van der Waals surface area (Å²) in [7, 11) is 0. The number of hydrogen-bond acceptors (Lipinski definition) is 3. The second kappa shape index (κ2) is 4.94. The molecular weight excluding hydrogens is 262 g/mol. The minimum absolute atomic E-state index is 0.145. The van der Waals surface area contributed by atoms with Gasteiger partial charge in [0, 0.05) is 11.1 Å². The van der Waals surface area contributed by atoms with Crippen LogP contribution in [0.4, 0.5) is 0 Å². The maximum Gasteiger partial charge on any atom is 0.166 e. The van der Waals surface area contributed by atoms with Crippen molar-refractivity contribution in [1.82, 2.24) is 14.8 Å². The summed E-state index contributed by atoms with van der Waals surface area (Å²) in [6.07, 6.45) is 0. The zero-order valence-electron chi connectivity index (χ0n) is 11.6. The lowest BCUT2D eigenvalue weighted by Crippen LogP contribution is -2.25. The molecule has 1 aromatic carbocycles. The van der Waals surface area contributed by atoms with Crippen molar-refractivity contribution >= 4 is 11.6 Å². The third-order valence-electron chi connectivity index (χ3n) is 2.91. The first-order valence-corrected chi connectivity index (χ1v) is 6.54. The summed E-state index contributed by atoms with van der Waals surface area (Å²) < 4.78 is 1.92. The second-order valence-corrected chi connectivity index (χ2v) is 5.99. The van der Waals surface area contributed by atoms with Crippen molar-refractivity contribution in [2.24, 2.45) is 0 Å². The molecule has 0 radical (unpaired) electrons. The van der Waals surface area contributed by atoms with Gasteiger partial charge in [-0.25, -0.2) is 0 Å². The van der Waals surface area contributed by atoms with Gasteiger partial charge in [0.25, 0.3) is 0 Å². The van der Waals surface area contributed by atoms with E-state index in [4.69, 9.17) is 11.6 Å². The molecule has 0 aliphatic heterocycles. The van der Waals surface area contributed by atoms with E-state index in [1.165, 1.54) is 0 Å². The fourth-order valence-corrected chi connectivity index (χ4v) is 2.42. The van der Waals surface area contributed by atoms with E-state index in [0.29, 0.717) is 16.7 Å². The Morgan fingerprint density at radius 2 is 1.95 bits per heavy atom. The molecule has 1 heterocycles. The Bertz CT molecular complexity index is 599. The fourth-order valence-electron chi connectivity index (χ4n) is 2.10. The van der Waals surface area contributed by atoms with Gasteiger partial charge in [0.15, 0.2) is 11.6 Å². The predicted molar refractivity (Wildman–Crippen MR) is 76.1 cm³/mol. The molecule has 0 bridgehead atoms. The molecule has 1 aromatic heterocycles. The van der Waals surface area contributed by atoms with Crippen LogP contribution in [0.15, 0.2) is 18.2 Å². The summed E-state index contributed by atoms with van der Waals surface area (Å²) in [5.41, 5.74) is 1.69. The zero-order chi connectivity index (χ0) is 14.2. The van der Waals surface area contributed by atoms with Gasteiger partial charge >= 0.3 is 0 Å². The smallest absolute Gasteiger partial charge is 0.166 e. The van der Waals surface area contributed by atoms with Gasteiger partial charge in [-0.05, 0) is 45.4 Å². The number of nitrogens with zero attached hydrogens (tertiary/aromatic N) is 3. The number of aryl methyl sites for hydroxylation is 1. The van der Waals surface area contributed by atoms with Crippen LogP contribution in [-0.4, -0.2) is 19.9 Å². The second-order valence-electron chi connectivity index (χ2n) is 5.59. The SMILES string of the molecule is Cc1ccc(-c2nnc(CO)n2C(C)(C)C)c(Cl)c1. The number of aliphatic hydroxyl groups excluding tert-OH is 1. The molecule has 0 saturated carbocycles. The summed E-state index contributed by atoms with van der Waals surface area (Å²) in [4.78, 5) is 0. The van der Waals surface area contributed by atoms with Crippen molar-refractivity contribution in [3.63, 3.8) is 0 Å². The Hall–Kier alpha value is -1.39. The van der Waals surface area contributed by atoms with Crippen LogP contribution in [0.5, 0.6) is 0 Å². The maximum absolute atomic E-state index is 9.40. The van der Waals surface area contributed by atoms with Crippen molar-refractivity contribution in [2.45, 2.75) is 39.8 Å². The van der Waals surface area contributed by atoms with Gasteiger partial charge in [-0.2, -0.15) is 0 Å². The standard InChI is InChI=1S/C14H18ClN3O/c1-9-5-6-10(11(15)7-9)13-17-16-12(8-19)18(13)14(2,3)4/h5-7,19H,8H2,1-4H3. The largest absolute Gasteiger partial charge is 0.388 e. The molecule has 5 heteroatoms. The van der Waals surface area contributed by atoms with E-state index in [2.05, 4.69) is 10.2 Å². The molecule has 0 spiro atoms. The lowest BCUT2D eigenvalue weighted by atomic mass is 10.1. The van der Waals surface area contributed by atoms with Crippen molar-refractivity contribution in [2.75, 3.05) is 0 Å². The number of aliphatic hydroxyl groups is 1. The van der Waals surface area contributed by atoms with E-state index < -0.39 is 0 Å². The molecule has 2 rings (SSSR count). The first-order chi connectivity index (χ1) is 8.84. The van der Waals surface area contributed by atoms with Crippen molar-refractivity contribution < 1.29 is 5.11 Å². The van der Waals surface area contributed by atoms with Crippen LogP contribution in [-0.2, 0) is 12.1 Å². The first-order valence-electron chi connectivity index (χ1n) is 6.16. The van der Waals surface area contributed by atoms with Gasteiger partial charge in [0.1, 0.15) is 6.61 Å². The highest BCUT2D eigenvalue weighted by atomic mass is 35.5. The molecule has 0 fully saturated rings. The third kappa shape index (κ3) is 2.65. The van der Waals surface area contributed by atoms with E-state index >= 15 is 0 Å². The van der Waals surface area contributed by atoms with Gasteiger partial charge < -0.3 is 9.67 Å². The quantitative estimate of drug-likeness (QED) is 0.919. The molecule has 0 aliphatic rings. The van der Waals surface area contributed by atoms with Crippen LogP contribution in [0, 0.1) is 6.92 Å². The van der Waals surface area contributed by atoms with Crippen LogP contribution in [0.2, 0.25) is 5.02 Å². The van der Waals surface area contributed by atoms with E-state index in [0.717, 1.165) is 11.1 Å². The lowest BCUT2D eigenvalue weighted by Gasteiger charge is -2.24. The van der Waals surface area contributed by atoms with E-state index in [1.807, 2.05) is 50.5 Å². The highest BCUT2D eigenvalue weighted by Gasteiger charge is 2.24. The molecule has 0 amide bonds. The van der Waals surface area contributed by atoms with Gasteiger partial charge in [-0.3, -0.25) is 0 Å². The zero-order valence-corrected chi connectivity index (χ0v) is 12.4. The van der Waals surface area contributed by atoms with Gasteiger partial charge in [-0.1, -0.05) is 17.7 Å². The lowest BCUT2D eigenvalue weighted by molar-refractivity contribution is 0.250. The Balaban J connectivity index is 2.66. The topological polar surface area (TPSA) is 50.9 Å². The van der Waals surface area contributed by atoms with Crippen molar-refractivity contribution in [3.05, 3.63) is 34.6 Å². The monoisotopic (exact) mass is 279 g/mol. The number of rotatable bonds is 2. The molecule has 2 aromatic rings. The maximum atomic E-state index is 9.40. The van der Waals surface area contributed by atoms with Crippen LogP contribution in [0.25, 0.3) is 11.4 Å². The molecule has 0 saturated heterocycles. The van der Waals surface area contributed by atoms with Crippen LogP contribution in [0.1, 0.15) is 32.2 Å². The minimum atomic E-state index is -0.231. The van der Waals surface area contributed by atoms with Gasteiger partial charge in [0.2, 0.25) is 0 Å². The number of aromatic nitrogens is 3. The van der Waals surface area contributed by atoms with Crippen LogP contribution >= 0.6 is 11.6 Å². The summed E-state index contributed by atoms with van der Waals surface area (Å²) >= 11 is 6.29. The van der Waals surface area contributed by atoms with Crippen molar-refractivity contribution in [1.29, 1.82) is 0 Å². The summed E-state index contributed by atoms with van der Waals surface area (Å²) in [6, 6.07) is 5.82. The first kappa shape index (κ1) is 14.0. The normalized spacial score (nSPS) is 11.9. The number of benzene rings is 1. The molecule has 19 heavy (non-hydrogen) atoms. The molecule has 0 atom stereocenters. The Morgan fingerprint density at radius 3 is 2.47 bits per heavy atom. The highest BCUT2D eigenvalue weighted by molar-refractivity contribution is 6.33. The Morgan fingerprint density at radius 1 is 1.26 bits per heavy atom. The Labute approximate surface area is 118 Å². The van der Waals surface area contributed by atoms with Crippen LogP contribution in [0.3, 0.4) is 0 Å². The van der Waals surface area contributed by atoms with Crippen molar-refractivity contribution in [3.8, 4) is 11.4 Å². The average molecular weight is 280 g/mol. The molecular formula is C14H18ClN3O. The summed E-state index contributed by atoms with van der Waals surface area (Å²) in [5.74, 6) is 1.22. The van der Waals surface area contributed by atoms with E-state index in [-0.39, 0.29) is 12.1 Å². The van der Waals surface area contributed by atoms with Crippen LogP contribution < -0.4 is 0 Å². The van der Waals surface area contributed by atoms with Gasteiger partial charge in [0.05, 0.1) is 5.02 Å². The minimum Gasteiger partial charge on any atom is -0.388 e. The third-order valence-corrected chi connectivity index (χ3v) is 3.22. The average Bonchev–Trinajstić information content (AvgIpc) is 2.72. The fraction of sp³-hybridized carbons (Fsp3) is 0.429. The molecule has 1 N–H and O–H groups in total. The Kier molecular flexibility index (Phi) is 3.65. The predicted octanol–water partition coefficient (Wildman–Crippen LogP) is 3.15. The molecule has 4 nitrogen and oxygen atoms in total. The van der Waals surface area contributed by atoms with E-state index in [9.17, 15) is 5.11 Å². The molecule has 0 aliphatic carbocycles. The van der Waals surface area contributed by atoms with E-state index in [1.54, 1.807) is 0 Å².